The number of hydrogen-bond donors (Lipinski definition) is 0. The molecule has 0 fully saturated rings. The van der Waals surface area contributed by atoms with E-state index in [2.05, 4.69) is 85.0 Å². The van der Waals surface area contributed by atoms with E-state index >= 15 is 0 Å². The van der Waals surface area contributed by atoms with Crippen LogP contribution in [0.1, 0.15) is 16.1 Å². The van der Waals surface area contributed by atoms with Crippen molar-refractivity contribution < 1.29 is 4.74 Å². The highest BCUT2D eigenvalue weighted by atomic mass is 32.1. The number of ether oxygens (including phenoxy) is 1. The van der Waals surface area contributed by atoms with Crippen molar-refractivity contribution >= 4 is 22.2 Å². The van der Waals surface area contributed by atoms with Gasteiger partial charge in [-0.1, -0.05) is 60.7 Å². The van der Waals surface area contributed by atoms with Crippen molar-refractivity contribution in [3.63, 3.8) is 0 Å². The quantitative estimate of drug-likeness (QED) is 0.437. The van der Waals surface area contributed by atoms with Crippen molar-refractivity contribution in [3.05, 3.63) is 100 Å². The van der Waals surface area contributed by atoms with Gasteiger partial charge in [0.05, 0.1) is 17.8 Å². The second kappa shape index (κ2) is 8.23. The molecule has 28 heavy (non-hydrogen) atoms. The van der Waals surface area contributed by atoms with Crippen LogP contribution in [0.15, 0.2) is 84.2 Å². The van der Waals surface area contributed by atoms with Crippen LogP contribution in [-0.4, -0.2) is 37.1 Å². The summed E-state index contributed by atoms with van der Waals surface area (Å²) in [6.07, 6.45) is 0. The van der Waals surface area contributed by atoms with Gasteiger partial charge in [0.25, 0.3) is 0 Å². The highest BCUT2D eigenvalue weighted by Crippen LogP contribution is 2.42. The highest BCUT2D eigenvalue weighted by Gasteiger charge is 2.40. The normalized spacial score (nSPS) is 13.7. The Balaban J connectivity index is 1.92. The summed E-state index contributed by atoms with van der Waals surface area (Å²) in [5.41, 5.74) is 2.26. The number of rotatable bonds is 7. The van der Waals surface area contributed by atoms with Gasteiger partial charge in [0, 0.05) is 16.8 Å². The van der Waals surface area contributed by atoms with Crippen LogP contribution < -0.4 is 0 Å². The van der Waals surface area contributed by atoms with Crippen LogP contribution >= 0.6 is 11.3 Å². The topological polar surface area (TPSA) is 25.4 Å². The van der Waals surface area contributed by atoms with Crippen LogP contribution in [-0.2, 0) is 10.3 Å². The molecule has 3 nitrogen and oxygen atoms in total. The molecule has 0 amide bonds. The Morgan fingerprint density at radius 2 is 1.68 bits per heavy atom. The van der Waals surface area contributed by atoms with Crippen molar-refractivity contribution in [2.45, 2.75) is 5.60 Å². The summed E-state index contributed by atoms with van der Waals surface area (Å²) in [6.45, 7) is 1.45. The van der Waals surface area contributed by atoms with Gasteiger partial charge in [0.1, 0.15) is 0 Å². The number of pyridine rings is 1. The van der Waals surface area contributed by atoms with Gasteiger partial charge in [-0.2, -0.15) is 0 Å². The molecule has 0 aliphatic rings. The fraction of sp³-hybridized carbons (Fsp3) is 0.208. The van der Waals surface area contributed by atoms with Crippen LogP contribution in [0.4, 0.5) is 0 Å². The van der Waals surface area contributed by atoms with Gasteiger partial charge >= 0.3 is 0 Å². The molecule has 0 aliphatic carbocycles. The number of aromatic nitrogens is 1. The Morgan fingerprint density at radius 3 is 2.43 bits per heavy atom. The molecule has 2 aromatic heterocycles. The Kier molecular flexibility index (Phi) is 5.53. The van der Waals surface area contributed by atoms with Crippen LogP contribution in [0.3, 0.4) is 0 Å². The minimum absolute atomic E-state index is 0.605. The predicted octanol–water partition coefficient (Wildman–Crippen LogP) is 5.17. The molecule has 0 bridgehead atoms. The lowest BCUT2D eigenvalue weighted by Crippen LogP contribution is -2.35. The Labute approximate surface area is 170 Å². The molecular weight excluding hydrogens is 364 g/mol. The molecule has 0 radical (unpaired) electrons. The van der Waals surface area contributed by atoms with Gasteiger partial charge in [0.2, 0.25) is 0 Å². The standard InChI is InChI=1S/C24H24N2OS/c1-26(2)16-17-27-24(23-13-8-18-28-23,20-10-4-3-5-11-20)22-15-14-19-9-6-7-12-21(19)25-22/h3-15,18H,16-17H2,1-2H3/t24-/m0/s1. The number of thiophene rings is 1. The zero-order valence-electron chi connectivity index (χ0n) is 16.2. The molecule has 0 aliphatic heterocycles. The molecule has 142 valence electrons. The van der Waals surface area contributed by atoms with Crippen molar-refractivity contribution in [1.29, 1.82) is 0 Å². The summed E-state index contributed by atoms with van der Waals surface area (Å²) >= 11 is 1.71. The smallest absolute Gasteiger partial charge is 0.169 e. The van der Waals surface area contributed by atoms with Gasteiger partial charge in [-0.3, -0.25) is 0 Å². The molecule has 4 heteroatoms. The number of hydrogen-bond acceptors (Lipinski definition) is 4. The zero-order chi connectivity index (χ0) is 19.4. The number of likely N-dealkylation sites (N-methyl/N-ethyl adjacent to an activating group) is 1. The number of para-hydroxylation sites is 1. The molecule has 0 spiro atoms. The number of benzene rings is 2. The molecule has 4 rings (SSSR count). The van der Waals surface area contributed by atoms with Crippen LogP contribution in [0, 0.1) is 0 Å². The first-order valence-corrected chi connectivity index (χ1v) is 10.3. The van der Waals surface area contributed by atoms with E-state index in [1.165, 1.54) is 0 Å². The summed E-state index contributed by atoms with van der Waals surface area (Å²) < 4.78 is 6.71. The fourth-order valence-electron chi connectivity index (χ4n) is 3.44. The SMILES string of the molecule is CN(C)CCO[C@@](c1ccccc1)(c1ccc2ccccc2n1)c1cccs1. The fourth-order valence-corrected chi connectivity index (χ4v) is 4.35. The first-order valence-electron chi connectivity index (χ1n) is 9.44. The molecule has 0 saturated carbocycles. The number of fused-ring (bicyclic) bond motifs is 1. The van der Waals surface area contributed by atoms with Gasteiger partial charge in [-0.05, 0) is 43.2 Å². The van der Waals surface area contributed by atoms with Gasteiger partial charge in [0.15, 0.2) is 5.60 Å². The minimum Gasteiger partial charge on any atom is -0.357 e. The van der Waals surface area contributed by atoms with Crippen LogP contribution in [0.25, 0.3) is 10.9 Å². The lowest BCUT2D eigenvalue weighted by atomic mass is 9.87. The second-order valence-electron chi connectivity index (χ2n) is 7.07. The minimum atomic E-state index is -0.727. The Hall–Kier alpha value is -2.53. The molecule has 4 aromatic rings. The average Bonchev–Trinajstić information content (AvgIpc) is 3.27. The zero-order valence-corrected chi connectivity index (χ0v) is 17.0. The Bertz CT molecular complexity index is 1030. The second-order valence-corrected chi connectivity index (χ2v) is 8.01. The van der Waals surface area contributed by atoms with E-state index in [-0.39, 0.29) is 0 Å². The van der Waals surface area contributed by atoms with Crippen LogP contribution in [0.2, 0.25) is 0 Å². The first-order chi connectivity index (χ1) is 13.7. The highest BCUT2D eigenvalue weighted by molar-refractivity contribution is 7.10. The monoisotopic (exact) mass is 388 g/mol. The summed E-state index contributed by atoms with van der Waals surface area (Å²) in [5, 5.41) is 3.23. The molecule has 1 atom stereocenters. The third kappa shape index (κ3) is 3.59. The Morgan fingerprint density at radius 1 is 0.893 bits per heavy atom. The maximum Gasteiger partial charge on any atom is 0.169 e. The van der Waals surface area contributed by atoms with Crippen molar-refractivity contribution in [2.75, 3.05) is 27.2 Å². The van der Waals surface area contributed by atoms with E-state index in [1.807, 2.05) is 18.2 Å². The molecule has 2 aromatic carbocycles. The maximum absolute atomic E-state index is 6.71. The first kappa shape index (κ1) is 18.8. The molecule has 2 heterocycles. The average molecular weight is 389 g/mol. The summed E-state index contributed by atoms with van der Waals surface area (Å²) in [6, 6.07) is 27.1. The molecule has 0 saturated heterocycles. The van der Waals surface area contributed by atoms with Crippen LogP contribution in [0.5, 0.6) is 0 Å². The summed E-state index contributed by atoms with van der Waals surface area (Å²) in [5.74, 6) is 0. The van der Waals surface area contributed by atoms with Crippen molar-refractivity contribution in [1.82, 2.24) is 9.88 Å². The van der Waals surface area contributed by atoms with E-state index in [0.29, 0.717) is 6.61 Å². The van der Waals surface area contributed by atoms with Crippen molar-refractivity contribution in [2.24, 2.45) is 0 Å². The van der Waals surface area contributed by atoms with E-state index < -0.39 is 5.60 Å². The lowest BCUT2D eigenvalue weighted by molar-refractivity contribution is 0.00577. The van der Waals surface area contributed by atoms with Gasteiger partial charge in [-0.15, -0.1) is 11.3 Å². The van der Waals surface area contributed by atoms with Gasteiger partial charge < -0.3 is 9.64 Å². The largest absolute Gasteiger partial charge is 0.357 e. The maximum atomic E-state index is 6.71. The predicted molar refractivity (Wildman–Crippen MR) is 117 cm³/mol. The summed E-state index contributed by atoms with van der Waals surface area (Å²) in [7, 11) is 4.12. The molecule has 0 N–H and O–H groups in total. The van der Waals surface area contributed by atoms with E-state index in [0.717, 1.165) is 33.6 Å². The molecular formula is C24H24N2OS. The number of nitrogens with zero attached hydrogens (tertiary/aromatic N) is 2. The summed E-state index contributed by atoms with van der Waals surface area (Å²) in [4.78, 5) is 8.32. The third-order valence-corrected chi connectivity index (χ3v) is 5.84. The van der Waals surface area contributed by atoms with E-state index in [4.69, 9.17) is 9.72 Å². The van der Waals surface area contributed by atoms with Gasteiger partial charge in [-0.25, -0.2) is 4.98 Å². The van der Waals surface area contributed by atoms with Crippen molar-refractivity contribution in [3.8, 4) is 0 Å². The molecule has 0 unspecified atom stereocenters. The third-order valence-electron chi connectivity index (χ3n) is 4.86. The van der Waals surface area contributed by atoms with E-state index in [1.54, 1.807) is 11.3 Å². The van der Waals surface area contributed by atoms with E-state index in [9.17, 15) is 0 Å². The lowest BCUT2D eigenvalue weighted by Gasteiger charge is -2.34.